The molecule has 6 nitrogen and oxygen atoms in total. The van der Waals surface area contributed by atoms with E-state index >= 15 is 0 Å². The third-order valence-electron chi connectivity index (χ3n) is 6.09. The van der Waals surface area contributed by atoms with Crippen LogP contribution in [-0.4, -0.2) is 39.1 Å². The van der Waals surface area contributed by atoms with Crippen molar-refractivity contribution in [3.8, 4) is 0 Å². The molecule has 4 rings (SSSR count). The van der Waals surface area contributed by atoms with Crippen LogP contribution in [0, 0.1) is 5.41 Å². The number of carbonyl (C=O) groups is 1. The van der Waals surface area contributed by atoms with Crippen LogP contribution in [0.5, 0.6) is 0 Å². The van der Waals surface area contributed by atoms with Crippen molar-refractivity contribution in [1.29, 1.82) is 0 Å². The zero-order valence-electron chi connectivity index (χ0n) is 20.1. The molecule has 36 heavy (non-hydrogen) atoms. The number of piperidine rings is 1. The minimum atomic E-state index is -4.18. The summed E-state index contributed by atoms with van der Waals surface area (Å²) in [5.74, 6) is 0.0993. The number of carbonyl (C=O) groups excluding carboxylic acids is 1. The summed E-state index contributed by atoms with van der Waals surface area (Å²) >= 11 is 1.14. The van der Waals surface area contributed by atoms with Gasteiger partial charge in [-0.05, 0) is 53.6 Å². The van der Waals surface area contributed by atoms with Gasteiger partial charge in [0.05, 0.1) is 26.8 Å². The molecule has 0 radical (unpaired) electrons. The van der Waals surface area contributed by atoms with Crippen LogP contribution < -0.4 is 4.72 Å². The third kappa shape index (κ3) is 5.49. The monoisotopic (exact) mass is 539 g/mol. The van der Waals surface area contributed by atoms with E-state index in [0.29, 0.717) is 40.6 Å². The smallest absolute Gasteiger partial charge is 0.359 e. The van der Waals surface area contributed by atoms with Crippen molar-refractivity contribution in [2.24, 2.45) is 5.41 Å². The molecule has 0 spiro atoms. The highest BCUT2D eigenvalue weighted by Crippen LogP contribution is 2.41. The Labute approximate surface area is 214 Å². The Morgan fingerprint density at radius 3 is 2.42 bits per heavy atom. The highest BCUT2D eigenvalue weighted by atomic mass is 32.2. The molecular formula is C25H28F3N3O3S2. The zero-order chi connectivity index (χ0) is 26.1. The van der Waals surface area contributed by atoms with Gasteiger partial charge in [0.1, 0.15) is 0 Å². The second kappa shape index (κ2) is 10.6. The van der Waals surface area contributed by atoms with E-state index in [0.717, 1.165) is 18.0 Å². The number of alkyl halides is 2. The Kier molecular flexibility index (Phi) is 7.84. The fourth-order valence-corrected chi connectivity index (χ4v) is 6.36. The first-order chi connectivity index (χ1) is 17.0. The summed E-state index contributed by atoms with van der Waals surface area (Å²) in [6.45, 7) is 6.86. The molecule has 194 valence electrons. The minimum absolute atomic E-state index is 0.0391. The number of hydrogen-bond acceptors (Lipinski definition) is 5. The van der Waals surface area contributed by atoms with Crippen LogP contribution in [0.15, 0.2) is 63.3 Å². The van der Waals surface area contributed by atoms with Crippen molar-refractivity contribution in [1.82, 2.24) is 14.6 Å². The summed E-state index contributed by atoms with van der Waals surface area (Å²) in [5.41, 5.74) is -0.886. The molecule has 11 heteroatoms. The van der Waals surface area contributed by atoms with E-state index in [1.807, 2.05) is 25.7 Å². The van der Waals surface area contributed by atoms with E-state index in [1.54, 1.807) is 30.3 Å². The maximum atomic E-state index is 14.4. The standard InChI is InChI=1S/C25H28F3N3O3S2/c1-24(2,3)23(32)31-13-11-16(12-14-31)30-35-19-15-29-22-20(36(33)17-7-5-4-6-8-17)10-9-18(21(19)22)25(26,27)34-28/h4-10,15-16,29-30H,11-14H2,1-3H3. The Balaban J connectivity index is 1.58. The summed E-state index contributed by atoms with van der Waals surface area (Å²) in [6, 6.07) is 11.0. The first-order valence-corrected chi connectivity index (χ1v) is 13.5. The molecule has 2 aromatic carbocycles. The maximum absolute atomic E-state index is 14.4. The number of amides is 1. The average Bonchev–Trinajstić information content (AvgIpc) is 3.30. The van der Waals surface area contributed by atoms with Crippen molar-refractivity contribution in [3.63, 3.8) is 0 Å². The average molecular weight is 540 g/mol. The van der Waals surface area contributed by atoms with Gasteiger partial charge in [-0.2, -0.15) is 8.78 Å². The molecule has 0 aliphatic carbocycles. The second-order valence-corrected chi connectivity index (χ2v) is 12.1. The van der Waals surface area contributed by atoms with Gasteiger partial charge in [-0.3, -0.25) is 9.52 Å². The second-order valence-electron chi connectivity index (χ2n) is 9.73. The number of rotatable bonds is 7. The number of benzene rings is 2. The van der Waals surface area contributed by atoms with E-state index in [4.69, 9.17) is 0 Å². The summed E-state index contributed by atoms with van der Waals surface area (Å²) in [4.78, 5) is 21.5. The molecule has 1 amide bonds. The molecular weight excluding hydrogens is 511 g/mol. The highest BCUT2D eigenvalue weighted by Gasteiger charge is 2.38. The molecule has 2 heterocycles. The van der Waals surface area contributed by atoms with Gasteiger partial charge in [-0.15, -0.1) is 4.94 Å². The Bertz CT molecular complexity index is 1250. The molecule has 1 aromatic heterocycles. The number of likely N-dealkylation sites (tertiary alicyclic amines) is 1. The quantitative estimate of drug-likeness (QED) is 0.365. The fraction of sp³-hybridized carbons (Fsp3) is 0.400. The lowest BCUT2D eigenvalue weighted by atomic mass is 9.93. The molecule has 3 aromatic rings. The van der Waals surface area contributed by atoms with Crippen LogP contribution in [0.25, 0.3) is 10.9 Å². The lowest BCUT2D eigenvalue weighted by molar-refractivity contribution is -0.363. The lowest BCUT2D eigenvalue weighted by Gasteiger charge is -2.35. The van der Waals surface area contributed by atoms with Gasteiger partial charge >= 0.3 is 6.11 Å². The summed E-state index contributed by atoms with van der Waals surface area (Å²) in [7, 11) is -1.65. The molecule has 0 bridgehead atoms. The van der Waals surface area contributed by atoms with Crippen LogP contribution in [-0.2, 0) is 26.6 Å². The topological polar surface area (TPSA) is 74.4 Å². The van der Waals surface area contributed by atoms with Gasteiger partial charge in [-0.25, -0.2) is 4.21 Å². The Morgan fingerprint density at radius 1 is 1.14 bits per heavy atom. The number of fused-ring (bicyclic) bond motifs is 1. The highest BCUT2D eigenvalue weighted by molar-refractivity contribution is 7.97. The first-order valence-electron chi connectivity index (χ1n) is 11.5. The minimum Gasteiger partial charge on any atom is -0.359 e. The van der Waals surface area contributed by atoms with E-state index in [1.165, 1.54) is 12.3 Å². The number of halogens is 3. The van der Waals surface area contributed by atoms with Crippen molar-refractivity contribution in [2.45, 2.75) is 60.4 Å². The van der Waals surface area contributed by atoms with Crippen molar-refractivity contribution in [2.75, 3.05) is 13.1 Å². The van der Waals surface area contributed by atoms with Crippen LogP contribution in [0.1, 0.15) is 39.2 Å². The molecule has 1 saturated heterocycles. The van der Waals surface area contributed by atoms with Crippen molar-refractivity contribution >= 4 is 39.6 Å². The van der Waals surface area contributed by atoms with E-state index in [-0.39, 0.29) is 22.9 Å². The molecule has 2 N–H and O–H groups in total. The van der Waals surface area contributed by atoms with Crippen LogP contribution in [0.4, 0.5) is 13.3 Å². The summed E-state index contributed by atoms with van der Waals surface area (Å²) in [5, 5.41) is 0.0391. The predicted molar refractivity (Wildman–Crippen MR) is 134 cm³/mol. The molecule has 1 aliphatic rings. The van der Waals surface area contributed by atoms with E-state index in [2.05, 4.69) is 14.6 Å². The summed E-state index contributed by atoms with van der Waals surface area (Å²) in [6.07, 6.45) is -1.24. The number of aromatic nitrogens is 1. The molecule has 1 aliphatic heterocycles. The van der Waals surface area contributed by atoms with Crippen molar-refractivity contribution in [3.05, 3.63) is 54.2 Å². The number of hydrogen-bond donors (Lipinski definition) is 2. The Hall–Kier alpha value is -2.34. The largest absolute Gasteiger partial charge is 0.413 e. The predicted octanol–water partition coefficient (Wildman–Crippen LogP) is 5.92. The van der Waals surface area contributed by atoms with E-state index in [9.17, 15) is 22.3 Å². The van der Waals surface area contributed by atoms with Gasteiger partial charge in [0.2, 0.25) is 5.91 Å². The van der Waals surface area contributed by atoms with Gasteiger partial charge in [0, 0.05) is 45.9 Å². The number of nitrogens with one attached hydrogen (secondary N) is 2. The third-order valence-corrected chi connectivity index (χ3v) is 8.52. The van der Waals surface area contributed by atoms with Gasteiger partial charge in [0.25, 0.3) is 0 Å². The van der Waals surface area contributed by atoms with Crippen LogP contribution in [0.2, 0.25) is 0 Å². The SMILES string of the molecule is CC(C)(C)C(=O)N1CCC(NSc2c[nH]c3c(S(=O)c4ccccc4)ccc(C(F)(F)OF)c23)CC1. The normalized spacial score (nSPS) is 16.4. The molecule has 0 saturated carbocycles. The number of aromatic amines is 1. The van der Waals surface area contributed by atoms with Crippen LogP contribution >= 0.6 is 11.9 Å². The zero-order valence-corrected chi connectivity index (χ0v) is 21.8. The Morgan fingerprint density at radius 2 is 1.81 bits per heavy atom. The fourth-order valence-electron chi connectivity index (χ4n) is 4.20. The van der Waals surface area contributed by atoms with Gasteiger partial charge < -0.3 is 9.88 Å². The van der Waals surface area contributed by atoms with Gasteiger partial charge in [0.15, 0.2) is 0 Å². The molecule has 1 atom stereocenters. The van der Waals surface area contributed by atoms with Crippen molar-refractivity contribution < 1.29 is 27.3 Å². The van der Waals surface area contributed by atoms with Crippen LogP contribution in [0.3, 0.4) is 0 Å². The van der Waals surface area contributed by atoms with Gasteiger partial charge in [-0.1, -0.05) is 39.0 Å². The number of nitrogens with zero attached hydrogens (tertiary/aromatic N) is 1. The number of H-pyrrole nitrogens is 1. The maximum Gasteiger partial charge on any atom is 0.413 e. The molecule has 1 unspecified atom stereocenters. The summed E-state index contributed by atoms with van der Waals surface area (Å²) < 4.78 is 58.1. The lowest BCUT2D eigenvalue weighted by Crippen LogP contribution is -2.47. The van der Waals surface area contributed by atoms with E-state index < -0.39 is 27.9 Å². The molecule has 1 fully saturated rings. The first kappa shape index (κ1) is 26.7.